The molecule has 3 aromatic rings. The molecule has 3 rings (SSSR count). The van der Waals surface area contributed by atoms with E-state index in [1.165, 1.54) is 11.3 Å². The van der Waals surface area contributed by atoms with Crippen LogP contribution >= 0.6 is 62.2 Å². The minimum atomic E-state index is -0.0840. The predicted octanol–water partition coefficient (Wildman–Crippen LogP) is 6.99. The van der Waals surface area contributed by atoms with Gasteiger partial charge in [0.15, 0.2) is 0 Å². The van der Waals surface area contributed by atoms with Crippen LogP contribution in [0, 0.1) is 6.92 Å². The number of aryl methyl sites for hydroxylation is 1. The van der Waals surface area contributed by atoms with Crippen LogP contribution in [0.1, 0.15) is 16.8 Å². The Hall–Kier alpha value is -1.05. The Labute approximate surface area is 184 Å². The van der Waals surface area contributed by atoms with Crippen molar-refractivity contribution in [1.82, 2.24) is 4.98 Å². The molecule has 0 saturated heterocycles. The summed E-state index contributed by atoms with van der Waals surface area (Å²) in [5.41, 5.74) is 3.62. The SMILES string of the molecule is Cc1cc(NC(=O)Cc2csc(SCc3ccc(Cl)cc3Cl)n2)ccc1Br. The van der Waals surface area contributed by atoms with E-state index in [1.807, 2.05) is 42.6 Å². The summed E-state index contributed by atoms with van der Waals surface area (Å²) in [4.78, 5) is 16.8. The molecule has 1 N–H and O–H groups in total. The van der Waals surface area contributed by atoms with Gasteiger partial charge in [-0.3, -0.25) is 4.79 Å². The molecule has 0 radical (unpaired) electrons. The summed E-state index contributed by atoms with van der Waals surface area (Å²) in [6.45, 7) is 1.98. The van der Waals surface area contributed by atoms with Crippen molar-refractivity contribution in [2.45, 2.75) is 23.4 Å². The highest BCUT2D eigenvalue weighted by Crippen LogP contribution is 2.30. The van der Waals surface area contributed by atoms with Gasteiger partial charge in [-0.1, -0.05) is 57.0 Å². The van der Waals surface area contributed by atoms with Crippen LogP contribution in [0.5, 0.6) is 0 Å². The smallest absolute Gasteiger partial charge is 0.230 e. The lowest BCUT2D eigenvalue weighted by Gasteiger charge is -2.06. The molecule has 0 unspecified atom stereocenters. The van der Waals surface area contributed by atoms with Gasteiger partial charge >= 0.3 is 0 Å². The molecule has 0 bridgehead atoms. The summed E-state index contributed by atoms with van der Waals surface area (Å²) < 4.78 is 1.92. The first-order valence-corrected chi connectivity index (χ1v) is 11.4. The van der Waals surface area contributed by atoms with Gasteiger partial charge in [-0.25, -0.2) is 4.98 Å². The minimum absolute atomic E-state index is 0.0840. The van der Waals surface area contributed by atoms with Crippen LogP contribution in [0.15, 0.2) is 50.6 Å². The van der Waals surface area contributed by atoms with Gasteiger partial charge in [-0.2, -0.15) is 0 Å². The van der Waals surface area contributed by atoms with E-state index in [-0.39, 0.29) is 12.3 Å². The third-order valence-corrected chi connectivity index (χ3v) is 7.28. The zero-order chi connectivity index (χ0) is 19.4. The monoisotopic (exact) mass is 500 g/mol. The van der Waals surface area contributed by atoms with Gasteiger partial charge in [-0.05, 0) is 48.4 Å². The Morgan fingerprint density at radius 3 is 2.81 bits per heavy atom. The average Bonchev–Trinajstić information content (AvgIpc) is 3.04. The van der Waals surface area contributed by atoms with Crippen molar-refractivity contribution in [3.8, 4) is 0 Å². The van der Waals surface area contributed by atoms with Crippen molar-refractivity contribution < 1.29 is 4.79 Å². The van der Waals surface area contributed by atoms with Crippen LogP contribution < -0.4 is 5.32 Å². The fourth-order valence-electron chi connectivity index (χ4n) is 2.31. The first-order chi connectivity index (χ1) is 12.9. The number of thioether (sulfide) groups is 1. The maximum atomic E-state index is 12.2. The second-order valence-corrected chi connectivity index (χ2v) is 9.60. The molecular formula is C19H15BrCl2N2OS2. The average molecular weight is 502 g/mol. The molecule has 0 fully saturated rings. The van der Waals surface area contributed by atoms with Crippen molar-refractivity contribution in [3.63, 3.8) is 0 Å². The molecule has 2 aromatic carbocycles. The molecule has 0 atom stereocenters. The molecule has 1 amide bonds. The molecule has 0 aliphatic heterocycles. The Balaban J connectivity index is 1.55. The number of hydrogen-bond donors (Lipinski definition) is 1. The van der Waals surface area contributed by atoms with Gasteiger partial charge in [0.2, 0.25) is 5.91 Å². The lowest BCUT2D eigenvalue weighted by Crippen LogP contribution is -2.14. The van der Waals surface area contributed by atoms with Crippen molar-refractivity contribution in [1.29, 1.82) is 0 Å². The number of aromatic nitrogens is 1. The number of carbonyl (C=O) groups is 1. The van der Waals surface area contributed by atoms with E-state index in [4.69, 9.17) is 23.2 Å². The molecule has 8 heteroatoms. The van der Waals surface area contributed by atoms with E-state index in [0.29, 0.717) is 15.8 Å². The lowest BCUT2D eigenvalue weighted by molar-refractivity contribution is -0.115. The molecule has 0 aliphatic carbocycles. The Morgan fingerprint density at radius 2 is 2.07 bits per heavy atom. The maximum absolute atomic E-state index is 12.2. The molecule has 0 spiro atoms. The van der Waals surface area contributed by atoms with Crippen molar-refractivity contribution in [2.75, 3.05) is 5.32 Å². The number of hydrogen-bond acceptors (Lipinski definition) is 4. The molecule has 1 aromatic heterocycles. The van der Waals surface area contributed by atoms with Crippen molar-refractivity contribution >= 4 is 73.8 Å². The van der Waals surface area contributed by atoms with E-state index < -0.39 is 0 Å². The second-order valence-electron chi connectivity index (χ2n) is 5.82. The third-order valence-electron chi connectivity index (χ3n) is 3.68. The van der Waals surface area contributed by atoms with Crippen LogP contribution in [0.4, 0.5) is 5.69 Å². The Kier molecular flexibility index (Phi) is 7.22. The van der Waals surface area contributed by atoms with Crippen LogP contribution in [-0.2, 0) is 17.0 Å². The Morgan fingerprint density at radius 1 is 1.26 bits per heavy atom. The van der Waals surface area contributed by atoms with Crippen LogP contribution in [0.3, 0.4) is 0 Å². The highest BCUT2D eigenvalue weighted by molar-refractivity contribution is 9.10. The van der Waals surface area contributed by atoms with E-state index in [9.17, 15) is 4.79 Å². The fourth-order valence-corrected chi connectivity index (χ4v) is 4.96. The summed E-state index contributed by atoms with van der Waals surface area (Å²) >= 11 is 18.7. The molecule has 27 heavy (non-hydrogen) atoms. The number of amides is 1. The van der Waals surface area contributed by atoms with E-state index >= 15 is 0 Å². The minimum Gasteiger partial charge on any atom is -0.326 e. The molecule has 0 saturated carbocycles. The predicted molar refractivity (Wildman–Crippen MR) is 119 cm³/mol. The van der Waals surface area contributed by atoms with Gasteiger partial charge in [0.05, 0.1) is 12.1 Å². The second kappa shape index (κ2) is 9.43. The summed E-state index contributed by atoms with van der Waals surface area (Å²) in [6, 6.07) is 11.2. The third kappa shape index (κ3) is 5.96. The van der Waals surface area contributed by atoms with Crippen LogP contribution in [-0.4, -0.2) is 10.9 Å². The number of halogens is 3. The number of nitrogens with one attached hydrogen (secondary N) is 1. The summed E-state index contributed by atoms with van der Waals surface area (Å²) in [5.74, 6) is 0.618. The van der Waals surface area contributed by atoms with E-state index in [0.717, 1.165) is 31.3 Å². The zero-order valence-electron chi connectivity index (χ0n) is 14.3. The van der Waals surface area contributed by atoms with Gasteiger partial charge in [-0.15, -0.1) is 11.3 Å². The van der Waals surface area contributed by atoms with Gasteiger partial charge in [0, 0.05) is 31.3 Å². The molecular weight excluding hydrogens is 487 g/mol. The highest BCUT2D eigenvalue weighted by atomic mass is 79.9. The van der Waals surface area contributed by atoms with Crippen molar-refractivity contribution in [3.05, 3.63) is 73.1 Å². The first kappa shape index (κ1) is 20.7. The quantitative estimate of drug-likeness (QED) is 0.370. The van der Waals surface area contributed by atoms with E-state index in [1.54, 1.807) is 17.8 Å². The first-order valence-electron chi connectivity index (χ1n) is 7.98. The highest BCUT2D eigenvalue weighted by Gasteiger charge is 2.10. The topological polar surface area (TPSA) is 42.0 Å². The Bertz CT molecular complexity index is 978. The number of nitrogens with zero attached hydrogens (tertiary/aromatic N) is 1. The lowest BCUT2D eigenvalue weighted by atomic mass is 10.2. The molecule has 3 nitrogen and oxygen atoms in total. The number of anilines is 1. The number of carbonyl (C=O) groups excluding carboxylic acids is 1. The maximum Gasteiger partial charge on any atom is 0.230 e. The van der Waals surface area contributed by atoms with Crippen LogP contribution in [0.25, 0.3) is 0 Å². The summed E-state index contributed by atoms with van der Waals surface area (Å²) in [5, 5.41) is 6.09. The summed E-state index contributed by atoms with van der Waals surface area (Å²) in [6.07, 6.45) is 0.244. The van der Waals surface area contributed by atoms with Gasteiger partial charge in [0.1, 0.15) is 4.34 Å². The fraction of sp³-hybridized carbons (Fsp3) is 0.158. The normalized spacial score (nSPS) is 10.8. The van der Waals surface area contributed by atoms with Crippen molar-refractivity contribution in [2.24, 2.45) is 0 Å². The summed E-state index contributed by atoms with van der Waals surface area (Å²) in [7, 11) is 0. The number of benzene rings is 2. The molecule has 0 aliphatic rings. The zero-order valence-corrected chi connectivity index (χ0v) is 19.0. The van der Waals surface area contributed by atoms with Crippen LogP contribution in [0.2, 0.25) is 10.0 Å². The molecule has 1 heterocycles. The molecule has 140 valence electrons. The number of thiazole rings is 1. The largest absolute Gasteiger partial charge is 0.326 e. The number of rotatable bonds is 6. The van der Waals surface area contributed by atoms with Gasteiger partial charge in [0.25, 0.3) is 0 Å². The standard InChI is InChI=1S/C19H15BrCl2N2OS2/c1-11-6-14(4-5-16(11)20)23-18(25)8-15-10-27-19(24-15)26-9-12-2-3-13(21)7-17(12)22/h2-7,10H,8-9H2,1H3,(H,23,25). The van der Waals surface area contributed by atoms with Gasteiger partial charge < -0.3 is 5.32 Å². The van der Waals surface area contributed by atoms with E-state index in [2.05, 4.69) is 26.2 Å².